The van der Waals surface area contributed by atoms with Gasteiger partial charge in [0.15, 0.2) is 0 Å². The monoisotopic (exact) mass is 563 g/mol. The van der Waals surface area contributed by atoms with Gasteiger partial charge in [-0.25, -0.2) is 0 Å². The summed E-state index contributed by atoms with van der Waals surface area (Å²) >= 11 is 0. The van der Waals surface area contributed by atoms with E-state index in [1.165, 1.54) is 66.7 Å². The van der Waals surface area contributed by atoms with E-state index >= 15 is 0 Å². The van der Waals surface area contributed by atoms with Gasteiger partial charge in [-0.1, -0.05) is 153 Å². The van der Waals surface area contributed by atoms with Crippen LogP contribution in [0.4, 0.5) is 17.1 Å². The number of benzene rings is 7. The first-order chi connectivity index (χ1) is 21.6. The van der Waals surface area contributed by atoms with E-state index < -0.39 is 0 Å². The zero-order valence-electron chi connectivity index (χ0n) is 25.0. The molecular formula is C43H33N. The second kappa shape index (κ2) is 10.4. The summed E-state index contributed by atoms with van der Waals surface area (Å²) in [6, 6.07) is 59.6. The Balaban J connectivity index is 1.42. The molecule has 210 valence electrons. The third kappa shape index (κ3) is 4.16. The lowest BCUT2D eigenvalue weighted by atomic mass is 9.82. The van der Waals surface area contributed by atoms with Crippen LogP contribution in [0.3, 0.4) is 0 Å². The van der Waals surface area contributed by atoms with Crippen molar-refractivity contribution in [3.63, 3.8) is 0 Å². The maximum Gasteiger partial charge on any atom is 0.0543 e. The van der Waals surface area contributed by atoms with E-state index in [2.05, 4.69) is 183 Å². The third-order valence-electron chi connectivity index (χ3n) is 9.26. The Hall–Kier alpha value is -5.40. The van der Waals surface area contributed by atoms with Crippen LogP contribution >= 0.6 is 0 Å². The lowest BCUT2D eigenvalue weighted by Gasteiger charge is -2.31. The third-order valence-corrected chi connectivity index (χ3v) is 9.26. The van der Waals surface area contributed by atoms with E-state index in [1.54, 1.807) is 0 Å². The van der Waals surface area contributed by atoms with Gasteiger partial charge in [-0.15, -0.1) is 0 Å². The highest BCUT2D eigenvalue weighted by Crippen LogP contribution is 2.55. The predicted octanol–water partition coefficient (Wildman–Crippen LogP) is 11.9. The molecule has 0 heterocycles. The van der Waals surface area contributed by atoms with Crippen molar-refractivity contribution < 1.29 is 0 Å². The van der Waals surface area contributed by atoms with E-state index in [-0.39, 0.29) is 5.41 Å². The van der Waals surface area contributed by atoms with Crippen molar-refractivity contribution in [1.82, 2.24) is 0 Å². The van der Waals surface area contributed by atoms with E-state index in [0.29, 0.717) is 0 Å². The second-order valence-electron chi connectivity index (χ2n) is 12.2. The Morgan fingerprint density at radius 2 is 0.977 bits per heavy atom. The number of para-hydroxylation sites is 1. The van der Waals surface area contributed by atoms with Crippen molar-refractivity contribution in [2.45, 2.75) is 19.3 Å². The summed E-state index contributed by atoms with van der Waals surface area (Å²) in [4.78, 5) is 2.50. The van der Waals surface area contributed by atoms with Gasteiger partial charge < -0.3 is 4.90 Å². The summed E-state index contributed by atoms with van der Waals surface area (Å²) in [5.74, 6) is 0. The number of hydrogen-bond acceptors (Lipinski definition) is 1. The average molecular weight is 564 g/mol. The van der Waals surface area contributed by atoms with Crippen molar-refractivity contribution >= 4 is 27.8 Å². The smallest absolute Gasteiger partial charge is 0.0543 e. The molecule has 1 aliphatic rings. The van der Waals surface area contributed by atoms with Crippen molar-refractivity contribution in [2.24, 2.45) is 0 Å². The Bertz CT molecular complexity index is 2150. The SMILES string of the molecule is CC1(C)c2ccccc2-c2c(N(c3ccccc3-c3cccc(-c4ccccc4)c3)c3cccc4ccccc34)cccc21. The normalized spacial score (nSPS) is 13.0. The molecule has 0 amide bonds. The topological polar surface area (TPSA) is 3.24 Å². The Labute approximate surface area is 259 Å². The average Bonchev–Trinajstić information content (AvgIpc) is 3.32. The van der Waals surface area contributed by atoms with E-state index in [0.717, 1.165) is 5.69 Å². The molecule has 7 aromatic rings. The first-order valence-corrected chi connectivity index (χ1v) is 15.4. The lowest BCUT2D eigenvalue weighted by molar-refractivity contribution is 0.660. The van der Waals surface area contributed by atoms with Crippen LogP contribution in [0.25, 0.3) is 44.2 Å². The molecule has 0 atom stereocenters. The maximum absolute atomic E-state index is 2.50. The number of nitrogens with zero attached hydrogens (tertiary/aromatic N) is 1. The van der Waals surface area contributed by atoms with Gasteiger partial charge in [0.05, 0.1) is 17.1 Å². The van der Waals surface area contributed by atoms with Gasteiger partial charge in [-0.2, -0.15) is 0 Å². The summed E-state index contributed by atoms with van der Waals surface area (Å²) in [7, 11) is 0. The molecule has 8 rings (SSSR count). The Morgan fingerprint density at radius 1 is 0.409 bits per heavy atom. The molecule has 0 fully saturated rings. The molecule has 44 heavy (non-hydrogen) atoms. The standard InChI is InChI=1S/C43H33N/c1-43(2)37-24-10-8-23-36(37)42-38(43)25-14-28-41(42)44(40-27-13-18-31-17-6-7-21-34(31)40)39-26-11-9-22-35(39)33-20-12-19-32(29-33)30-15-4-3-5-16-30/h3-29H,1-2H3. The summed E-state index contributed by atoms with van der Waals surface area (Å²) in [6.45, 7) is 4.71. The number of fused-ring (bicyclic) bond motifs is 4. The molecule has 0 saturated heterocycles. The summed E-state index contributed by atoms with van der Waals surface area (Å²) < 4.78 is 0. The highest BCUT2D eigenvalue weighted by Gasteiger charge is 2.38. The minimum Gasteiger partial charge on any atom is -0.309 e. The van der Waals surface area contributed by atoms with Crippen molar-refractivity contribution in [3.05, 3.63) is 175 Å². The van der Waals surface area contributed by atoms with E-state index in [9.17, 15) is 0 Å². The van der Waals surface area contributed by atoms with Crippen LogP contribution in [0.1, 0.15) is 25.0 Å². The van der Waals surface area contributed by atoms with Gasteiger partial charge in [0.1, 0.15) is 0 Å². The van der Waals surface area contributed by atoms with Crippen LogP contribution in [-0.4, -0.2) is 0 Å². The van der Waals surface area contributed by atoms with Gasteiger partial charge in [-0.05, 0) is 63.0 Å². The quantitative estimate of drug-likeness (QED) is 0.201. The number of hydrogen-bond donors (Lipinski definition) is 0. The fraction of sp³-hybridized carbons (Fsp3) is 0.0698. The van der Waals surface area contributed by atoms with Gasteiger partial charge in [0.25, 0.3) is 0 Å². The predicted molar refractivity (Wildman–Crippen MR) is 187 cm³/mol. The largest absolute Gasteiger partial charge is 0.309 e. The van der Waals surface area contributed by atoms with Gasteiger partial charge in [-0.3, -0.25) is 0 Å². The lowest BCUT2D eigenvalue weighted by Crippen LogP contribution is -2.16. The molecule has 1 aliphatic carbocycles. The van der Waals surface area contributed by atoms with E-state index in [4.69, 9.17) is 0 Å². The minimum atomic E-state index is -0.0874. The molecule has 0 aromatic heterocycles. The van der Waals surface area contributed by atoms with Crippen molar-refractivity contribution in [3.8, 4) is 33.4 Å². The molecule has 0 aliphatic heterocycles. The summed E-state index contributed by atoms with van der Waals surface area (Å²) in [6.07, 6.45) is 0. The molecule has 0 N–H and O–H groups in total. The van der Waals surface area contributed by atoms with Crippen LogP contribution in [0.5, 0.6) is 0 Å². The maximum atomic E-state index is 2.50. The molecule has 7 aromatic carbocycles. The molecule has 1 heteroatoms. The van der Waals surface area contributed by atoms with Gasteiger partial charge >= 0.3 is 0 Å². The summed E-state index contributed by atoms with van der Waals surface area (Å²) in [5.41, 5.74) is 13.6. The Kier molecular flexibility index (Phi) is 6.20. The highest BCUT2D eigenvalue weighted by molar-refractivity contribution is 6.04. The van der Waals surface area contributed by atoms with Crippen LogP contribution in [0, 0.1) is 0 Å². The van der Waals surface area contributed by atoms with Crippen molar-refractivity contribution in [2.75, 3.05) is 4.90 Å². The minimum absolute atomic E-state index is 0.0874. The first-order valence-electron chi connectivity index (χ1n) is 15.4. The molecule has 0 radical (unpaired) electrons. The van der Waals surface area contributed by atoms with Crippen LogP contribution in [0.2, 0.25) is 0 Å². The first kappa shape index (κ1) is 26.2. The van der Waals surface area contributed by atoms with Gasteiger partial charge in [0.2, 0.25) is 0 Å². The Morgan fingerprint density at radius 3 is 1.86 bits per heavy atom. The highest BCUT2D eigenvalue weighted by atomic mass is 15.1. The second-order valence-corrected chi connectivity index (χ2v) is 12.2. The molecule has 0 spiro atoms. The molecule has 1 nitrogen and oxygen atoms in total. The summed E-state index contributed by atoms with van der Waals surface area (Å²) in [5, 5.41) is 2.46. The molecule has 0 bridgehead atoms. The zero-order chi connectivity index (χ0) is 29.7. The van der Waals surface area contributed by atoms with Crippen LogP contribution < -0.4 is 4.90 Å². The molecule has 0 saturated carbocycles. The van der Waals surface area contributed by atoms with Crippen LogP contribution in [-0.2, 0) is 5.41 Å². The number of anilines is 3. The zero-order valence-corrected chi connectivity index (χ0v) is 25.0. The fourth-order valence-electron chi connectivity index (χ4n) is 7.12. The van der Waals surface area contributed by atoms with Crippen molar-refractivity contribution in [1.29, 1.82) is 0 Å². The van der Waals surface area contributed by atoms with E-state index in [1.807, 2.05) is 0 Å². The molecular weight excluding hydrogens is 530 g/mol. The number of rotatable bonds is 5. The van der Waals surface area contributed by atoms with Crippen LogP contribution in [0.15, 0.2) is 164 Å². The molecule has 0 unspecified atom stereocenters. The van der Waals surface area contributed by atoms with Gasteiger partial charge in [0, 0.05) is 21.9 Å². The fourth-order valence-corrected chi connectivity index (χ4v) is 7.12.